The molecule has 2 aliphatic rings. The highest BCUT2D eigenvalue weighted by molar-refractivity contribution is 7.23. The number of anilines is 1. The van der Waals surface area contributed by atoms with Crippen molar-refractivity contribution in [3.8, 4) is 10.6 Å². The van der Waals surface area contributed by atoms with Gasteiger partial charge in [-0.1, -0.05) is 0 Å². The lowest BCUT2D eigenvalue weighted by Gasteiger charge is -2.16. The summed E-state index contributed by atoms with van der Waals surface area (Å²) in [5.74, 6) is 2.86. The van der Waals surface area contributed by atoms with Crippen LogP contribution >= 0.6 is 11.3 Å². The number of aromatic amines is 1. The first-order chi connectivity index (χ1) is 13.7. The van der Waals surface area contributed by atoms with Crippen LogP contribution in [0.15, 0.2) is 18.3 Å². The van der Waals surface area contributed by atoms with Crippen molar-refractivity contribution in [2.75, 3.05) is 32.0 Å². The van der Waals surface area contributed by atoms with E-state index < -0.39 is 0 Å². The molecule has 0 radical (unpaired) electrons. The number of nitrogens with two attached hydrogens (primary N) is 1. The van der Waals surface area contributed by atoms with Crippen LogP contribution < -0.4 is 5.73 Å². The topological polar surface area (TPSA) is 97.9 Å². The number of imidazole rings is 1. The summed E-state index contributed by atoms with van der Waals surface area (Å²) >= 11 is 1.69. The van der Waals surface area contributed by atoms with Gasteiger partial charge in [0.25, 0.3) is 0 Å². The lowest BCUT2D eigenvalue weighted by atomic mass is 10.0. The zero-order valence-electron chi connectivity index (χ0n) is 15.6. The minimum absolute atomic E-state index is 0.488. The molecule has 0 bridgehead atoms. The largest absolute Gasteiger partial charge is 0.382 e. The lowest BCUT2D eigenvalue weighted by Crippen LogP contribution is -2.24. The third kappa shape index (κ3) is 2.40. The summed E-state index contributed by atoms with van der Waals surface area (Å²) < 4.78 is 8.89. The summed E-state index contributed by atoms with van der Waals surface area (Å²) in [5.41, 5.74) is 9.96. The number of likely N-dealkylation sites (tertiary alicyclic amines) is 1. The lowest BCUT2D eigenvalue weighted by molar-refractivity contribution is 0.152. The summed E-state index contributed by atoms with van der Waals surface area (Å²) in [4.78, 5) is 13.1. The van der Waals surface area contributed by atoms with E-state index in [0.29, 0.717) is 17.7 Å². The molecule has 3 N–H and O–H groups in total. The average Bonchev–Trinajstić information content (AvgIpc) is 3.43. The first-order valence-electron chi connectivity index (χ1n) is 9.52. The van der Waals surface area contributed by atoms with Gasteiger partial charge in [-0.25, -0.2) is 9.97 Å². The van der Waals surface area contributed by atoms with Crippen molar-refractivity contribution >= 4 is 38.4 Å². The van der Waals surface area contributed by atoms with E-state index in [2.05, 4.69) is 37.8 Å². The fraction of sp³-hybridized carbons (Fsp3) is 0.421. The number of thiophene rings is 1. The Balaban J connectivity index is 1.42. The molecule has 2 aliphatic heterocycles. The Morgan fingerprint density at radius 2 is 2.11 bits per heavy atom. The molecule has 2 fully saturated rings. The number of H-pyrrole nitrogens is 1. The van der Waals surface area contributed by atoms with Gasteiger partial charge in [0.2, 0.25) is 0 Å². The molecule has 0 amide bonds. The number of nitrogen functional groups attached to an aromatic ring is 1. The highest BCUT2D eigenvalue weighted by atomic mass is 32.1. The normalized spacial score (nSPS) is 22.6. The maximum absolute atomic E-state index is 6.28. The molecule has 8 nitrogen and oxygen atoms in total. The molecule has 9 heteroatoms. The molecule has 2 saturated heterocycles. The van der Waals surface area contributed by atoms with Crippen molar-refractivity contribution in [2.24, 2.45) is 18.9 Å². The number of aromatic nitrogens is 5. The molecule has 0 aliphatic carbocycles. The third-order valence-electron chi connectivity index (χ3n) is 6.03. The number of hydrogen-bond donors (Lipinski definition) is 2. The molecule has 2 unspecified atom stereocenters. The van der Waals surface area contributed by atoms with Gasteiger partial charge < -0.3 is 15.0 Å². The number of pyridine rings is 1. The Morgan fingerprint density at radius 3 is 2.86 bits per heavy atom. The number of fused-ring (bicyclic) bond motifs is 4. The van der Waals surface area contributed by atoms with Crippen LogP contribution in [-0.2, 0) is 18.3 Å². The summed E-state index contributed by atoms with van der Waals surface area (Å²) in [5, 5.41) is 7.17. The molecule has 0 spiro atoms. The summed E-state index contributed by atoms with van der Waals surface area (Å²) in [6.45, 7) is 4.79. The number of nitrogens with one attached hydrogen (secondary N) is 1. The SMILES string of the molecule is Cn1c(CN2CC3COCC3C2)nc2c(N)nc3cc(-c4cc[nH]n4)sc3c21. The summed E-state index contributed by atoms with van der Waals surface area (Å²) in [6, 6.07) is 4.02. The molecular formula is C19H21N7OS. The van der Waals surface area contributed by atoms with Gasteiger partial charge >= 0.3 is 0 Å². The number of rotatable bonds is 3. The van der Waals surface area contributed by atoms with Crippen molar-refractivity contribution < 1.29 is 4.74 Å². The highest BCUT2D eigenvalue weighted by Gasteiger charge is 2.37. The number of hydrogen-bond acceptors (Lipinski definition) is 7. The standard InChI is InChI=1S/C19H21N7OS/c1-25-15(7-26-5-10-8-27-9-11(10)6-26)23-16-17(25)18-13(22-19(16)20)4-14(28-18)12-2-3-21-24-12/h2-4,10-11H,5-9H2,1H3,(H2,20,22)(H,21,24). The number of ether oxygens (including phenoxy) is 1. The summed E-state index contributed by atoms with van der Waals surface area (Å²) in [6.07, 6.45) is 1.83. The third-order valence-corrected chi connectivity index (χ3v) is 7.19. The minimum Gasteiger partial charge on any atom is -0.382 e. The Kier molecular flexibility index (Phi) is 3.53. The predicted molar refractivity (Wildman–Crippen MR) is 109 cm³/mol. The van der Waals surface area contributed by atoms with Gasteiger partial charge in [-0.3, -0.25) is 10.00 Å². The number of nitrogens with zero attached hydrogens (tertiary/aromatic N) is 5. The molecule has 6 heterocycles. The van der Waals surface area contributed by atoms with Gasteiger partial charge in [-0.05, 0) is 12.1 Å². The molecule has 28 heavy (non-hydrogen) atoms. The zero-order valence-corrected chi connectivity index (χ0v) is 16.4. The van der Waals surface area contributed by atoms with Crippen LogP contribution in [-0.4, -0.2) is 55.9 Å². The van der Waals surface area contributed by atoms with Crippen LogP contribution in [0.2, 0.25) is 0 Å². The molecule has 0 aromatic carbocycles. The second-order valence-electron chi connectivity index (χ2n) is 7.82. The van der Waals surface area contributed by atoms with Crippen molar-refractivity contribution in [3.63, 3.8) is 0 Å². The van der Waals surface area contributed by atoms with Crippen LogP contribution in [0.25, 0.3) is 31.8 Å². The second-order valence-corrected chi connectivity index (χ2v) is 8.87. The van der Waals surface area contributed by atoms with Crippen molar-refractivity contribution in [3.05, 3.63) is 24.2 Å². The fourth-order valence-electron chi connectivity index (χ4n) is 4.58. The van der Waals surface area contributed by atoms with Crippen molar-refractivity contribution in [1.82, 2.24) is 29.6 Å². The minimum atomic E-state index is 0.488. The Labute approximate surface area is 165 Å². The first kappa shape index (κ1) is 16.5. The van der Waals surface area contributed by atoms with E-state index in [4.69, 9.17) is 15.5 Å². The average molecular weight is 395 g/mol. The van der Waals surface area contributed by atoms with Crippen molar-refractivity contribution in [2.45, 2.75) is 6.54 Å². The van der Waals surface area contributed by atoms with Gasteiger partial charge in [0.15, 0.2) is 5.82 Å². The van der Waals surface area contributed by atoms with E-state index >= 15 is 0 Å². The molecule has 4 aromatic heterocycles. The van der Waals surface area contributed by atoms with E-state index in [1.807, 2.05) is 12.3 Å². The van der Waals surface area contributed by atoms with Gasteiger partial charge in [-0.2, -0.15) is 5.10 Å². The van der Waals surface area contributed by atoms with Gasteiger partial charge in [0.05, 0.1) is 40.4 Å². The molecule has 4 aromatic rings. The van der Waals surface area contributed by atoms with Crippen molar-refractivity contribution in [1.29, 1.82) is 0 Å². The van der Waals surface area contributed by atoms with E-state index in [-0.39, 0.29) is 0 Å². The van der Waals surface area contributed by atoms with E-state index in [9.17, 15) is 0 Å². The van der Waals surface area contributed by atoms with E-state index in [1.165, 1.54) is 0 Å². The Morgan fingerprint density at radius 1 is 1.29 bits per heavy atom. The maximum atomic E-state index is 6.28. The van der Waals surface area contributed by atoms with Gasteiger partial charge in [0, 0.05) is 38.2 Å². The van der Waals surface area contributed by atoms with Crippen LogP contribution in [0.3, 0.4) is 0 Å². The van der Waals surface area contributed by atoms with Crippen LogP contribution in [0.5, 0.6) is 0 Å². The van der Waals surface area contributed by atoms with Crippen LogP contribution in [0, 0.1) is 11.8 Å². The van der Waals surface area contributed by atoms with Gasteiger partial charge in [0.1, 0.15) is 17.0 Å². The monoisotopic (exact) mass is 395 g/mol. The maximum Gasteiger partial charge on any atom is 0.152 e. The van der Waals surface area contributed by atoms with Gasteiger partial charge in [-0.15, -0.1) is 11.3 Å². The predicted octanol–water partition coefficient (Wildman–Crippen LogP) is 2.23. The summed E-state index contributed by atoms with van der Waals surface area (Å²) in [7, 11) is 2.08. The first-order valence-corrected chi connectivity index (χ1v) is 10.3. The zero-order chi connectivity index (χ0) is 18.8. The van der Waals surface area contributed by atoms with E-state index in [1.54, 1.807) is 11.3 Å². The Hall–Kier alpha value is -2.49. The highest BCUT2D eigenvalue weighted by Crippen LogP contribution is 2.38. The molecular weight excluding hydrogens is 374 g/mol. The molecule has 0 saturated carbocycles. The smallest absolute Gasteiger partial charge is 0.152 e. The molecule has 2 atom stereocenters. The quantitative estimate of drug-likeness (QED) is 0.552. The van der Waals surface area contributed by atoms with E-state index in [0.717, 1.165) is 70.5 Å². The fourth-order valence-corrected chi connectivity index (χ4v) is 5.73. The second kappa shape index (κ2) is 6.00. The Bertz CT molecular complexity index is 1170. The number of aryl methyl sites for hydroxylation is 1. The molecule has 6 rings (SSSR count). The van der Waals surface area contributed by atoms with Crippen LogP contribution in [0.4, 0.5) is 5.82 Å². The van der Waals surface area contributed by atoms with Crippen LogP contribution in [0.1, 0.15) is 5.82 Å². The molecule has 144 valence electrons.